The number of nitrogens with zero attached hydrogens (tertiary/aromatic N) is 1. The van der Waals surface area contributed by atoms with Gasteiger partial charge in [-0.25, -0.2) is 0 Å². The first-order chi connectivity index (χ1) is 19.1. The van der Waals surface area contributed by atoms with Gasteiger partial charge in [-0.1, -0.05) is 88.8 Å². The molecule has 0 bridgehead atoms. The zero-order chi connectivity index (χ0) is 30.1. The first-order valence-corrected chi connectivity index (χ1v) is 15.0. The van der Waals surface area contributed by atoms with E-state index in [0.29, 0.717) is 6.42 Å². The average Bonchev–Trinajstić information content (AvgIpc) is 2.89. The van der Waals surface area contributed by atoms with Crippen LogP contribution in [0.5, 0.6) is 0 Å². The number of rotatable bonds is 25. The maximum atomic E-state index is 12.4. The van der Waals surface area contributed by atoms with Gasteiger partial charge in [-0.05, 0) is 25.7 Å². The lowest BCUT2D eigenvalue weighted by Gasteiger charge is -2.34. The number of carboxylic acid groups (broad SMARTS) is 1. The highest BCUT2D eigenvalue weighted by atomic mass is 16.6. The number of carbonyl (C=O) groups is 3. The normalized spacial score (nSPS) is 13.7. The molecular formula is C32H55NO7. The fourth-order valence-corrected chi connectivity index (χ4v) is 3.95. The van der Waals surface area contributed by atoms with Crippen molar-refractivity contribution < 1.29 is 38.2 Å². The van der Waals surface area contributed by atoms with E-state index >= 15 is 0 Å². The number of unbranched alkanes of at least 4 members (excludes halogenated alkanes) is 6. The summed E-state index contributed by atoms with van der Waals surface area (Å²) in [6.45, 7) is 4.33. The van der Waals surface area contributed by atoms with E-state index in [0.717, 1.165) is 38.5 Å². The number of quaternary nitrogens is 1. The van der Waals surface area contributed by atoms with Crippen LogP contribution in [0.4, 0.5) is 0 Å². The van der Waals surface area contributed by atoms with E-state index in [9.17, 15) is 19.5 Å². The summed E-state index contributed by atoms with van der Waals surface area (Å²) in [7, 11) is 5.34. The lowest BCUT2D eigenvalue weighted by Crippen LogP contribution is -2.55. The summed E-state index contributed by atoms with van der Waals surface area (Å²) in [5, 5.41) is 11.5. The van der Waals surface area contributed by atoms with Crippen LogP contribution in [0.3, 0.4) is 0 Å². The first-order valence-electron chi connectivity index (χ1n) is 15.0. The molecule has 0 radical (unpaired) electrons. The number of carboxylic acids is 1. The number of carbonyl (C=O) groups excluding carboxylic acids is 3. The van der Waals surface area contributed by atoms with E-state index in [1.165, 1.54) is 25.7 Å². The van der Waals surface area contributed by atoms with Gasteiger partial charge in [-0.2, -0.15) is 0 Å². The Hall–Kier alpha value is -2.45. The first kappa shape index (κ1) is 37.6. The van der Waals surface area contributed by atoms with Crippen molar-refractivity contribution in [2.24, 2.45) is 0 Å². The fourth-order valence-electron chi connectivity index (χ4n) is 3.95. The molecule has 2 unspecified atom stereocenters. The van der Waals surface area contributed by atoms with Crippen LogP contribution in [-0.4, -0.2) is 75.5 Å². The Morgan fingerprint density at radius 2 is 1.38 bits per heavy atom. The summed E-state index contributed by atoms with van der Waals surface area (Å²) in [6, 6.07) is -0.734. The third kappa shape index (κ3) is 22.4. The van der Waals surface area contributed by atoms with Crippen LogP contribution in [0.25, 0.3) is 0 Å². The highest BCUT2D eigenvalue weighted by Crippen LogP contribution is 2.10. The monoisotopic (exact) mass is 565 g/mol. The van der Waals surface area contributed by atoms with Gasteiger partial charge in [-0.3, -0.25) is 9.59 Å². The van der Waals surface area contributed by atoms with Gasteiger partial charge in [0.05, 0.1) is 46.7 Å². The van der Waals surface area contributed by atoms with Crippen molar-refractivity contribution >= 4 is 17.9 Å². The summed E-state index contributed by atoms with van der Waals surface area (Å²) in [4.78, 5) is 36.1. The molecule has 0 saturated heterocycles. The summed E-state index contributed by atoms with van der Waals surface area (Å²) in [5.74, 6) is -1.91. The third-order valence-electron chi connectivity index (χ3n) is 6.32. The van der Waals surface area contributed by atoms with E-state index < -0.39 is 24.1 Å². The third-order valence-corrected chi connectivity index (χ3v) is 6.32. The van der Waals surface area contributed by atoms with Gasteiger partial charge >= 0.3 is 11.9 Å². The Labute approximate surface area is 243 Å². The second kappa shape index (κ2) is 24.4. The van der Waals surface area contributed by atoms with Gasteiger partial charge in [0.25, 0.3) is 0 Å². The van der Waals surface area contributed by atoms with E-state index in [-0.39, 0.29) is 43.1 Å². The molecule has 40 heavy (non-hydrogen) atoms. The van der Waals surface area contributed by atoms with Crippen molar-refractivity contribution in [1.29, 1.82) is 0 Å². The quantitative estimate of drug-likeness (QED) is 0.0660. The minimum Gasteiger partial charge on any atom is -0.544 e. The number of hydrogen-bond acceptors (Lipinski definition) is 7. The molecule has 0 rings (SSSR count). The Morgan fingerprint density at radius 3 is 1.98 bits per heavy atom. The van der Waals surface area contributed by atoms with Crippen LogP contribution in [0.15, 0.2) is 36.5 Å². The molecule has 0 saturated carbocycles. The van der Waals surface area contributed by atoms with Crippen molar-refractivity contribution in [3.8, 4) is 0 Å². The van der Waals surface area contributed by atoms with E-state index in [1.54, 1.807) is 27.2 Å². The Morgan fingerprint density at radius 1 is 0.775 bits per heavy atom. The van der Waals surface area contributed by atoms with Crippen molar-refractivity contribution in [1.82, 2.24) is 0 Å². The molecule has 0 aromatic rings. The molecule has 0 aliphatic rings. The lowest BCUT2D eigenvalue weighted by atomic mass is 10.1. The molecular weight excluding hydrogens is 510 g/mol. The van der Waals surface area contributed by atoms with E-state index in [2.05, 4.69) is 32.1 Å². The number of aliphatic carboxylic acids is 1. The molecule has 8 nitrogen and oxygen atoms in total. The smallest absolute Gasteiger partial charge is 0.310 e. The highest BCUT2D eigenvalue weighted by molar-refractivity contribution is 5.71. The second-order valence-electron chi connectivity index (χ2n) is 11.0. The average molecular weight is 566 g/mol. The Kier molecular flexibility index (Phi) is 22.9. The summed E-state index contributed by atoms with van der Waals surface area (Å²) >= 11 is 0. The zero-order valence-electron chi connectivity index (χ0n) is 25.7. The van der Waals surface area contributed by atoms with Crippen LogP contribution >= 0.6 is 0 Å². The SMILES string of the molecule is CC/C=C/C/C=C/C/C=C/CC(=O)OC(COCCC(C(=O)[O-])[N+](C)(C)C)COC(=O)CCCCCCCCC. The zero-order valence-corrected chi connectivity index (χ0v) is 25.7. The van der Waals surface area contributed by atoms with Gasteiger partial charge in [0, 0.05) is 12.8 Å². The van der Waals surface area contributed by atoms with E-state index in [4.69, 9.17) is 14.2 Å². The number of likely N-dealkylation sites (N-methyl/N-ethyl adjacent to an activating group) is 1. The summed E-state index contributed by atoms with van der Waals surface area (Å²) in [6.07, 6.45) is 22.3. The molecule has 0 aliphatic carbocycles. The van der Waals surface area contributed by atoms with Crippen LogP contribution in [0.1, 0.15) is 97.3 Å². The van der Waals surface area contributed by atoms with Gasteiger partial charge in [0.15, 0.2) is 6.10 Å². The van der Waals surface area contributed by atoms with Gasteiger partial charge in [0.2, 0.25) is 0 Å². The molecule has 0 aliphatic heterocycles. The number of ether oxygens (including phenoxy) is 3. The lowest BCUT2D eigenvalue weighted by molar-refractivity contribution is -0.889. The largest absolute Gasteiger partial charge is 0.544 e. The predicted octanol–water partition coefficient (Wildman–Crippen LogP) is 5.06. The van der Waals surface area contributed by atoms with Gasteiger partial charge < -0.3 is 28.6 Å². The molecule has 0 aromatic heterocycles. The number of allylic oxidation sites excluding steroid dienone is 5. The van der Waals surface area contributed by atoms with E-state index in [1.807, 2.05) is 12.2 Å². The second-order valence-corrected chi connectivity index (χ2v) is 11.0. The standard InChI is InChI=1S/C32H55NO7/c1-6-8-10-12-14-15-17-19-21-23-31(35)40-28(26-38-25-24-29(32(36)37)33(3,4)5)27-39-30(34)22-20-18-16-13-11-9-7-2/h8,10,14-15,19,21,28-29H,6-7,9,11-13,16-18,20,22-27H2,1-5H3/b10-8+,15-14+,21-19+. The van der Waals surface area contributed by atoms with Gasteiger partial charge in [-0.15, -0.1) is 0 Å². The maximum Gasteiger partial charge on any atom is 0.310 e. The topological polar surface area (TPSA) is 102 Å². The molecule has 0 amide bonds. The van der Waals surface area contributed by atoms with Crippen molar-refractivity contribution in [3.63, 3.8) is 0 Å². The summed E-state index contributed by atoms with van der Waals surface area (Å²) in [5.41, 5.74) is 0. The van der Waals surface area contributed by atoms with Crippen molar-refractivity contribution in [3.05, 3.63) is 36.5 Å². The molecule has 8 heteroatoms. The Balaban J connectivity index is 4.68. The highest BCUT2D eigenvalue weighted by Gasteiger charge is 2.25. The predicted molar refractivity (Wildman–Crippen MR) is 157 cm³/mol. The molecule has 0 N–H and O–H groups in total. The number of hydrogen-bond donors (Lipinski definition) is 0. The van der Waals surface area contributed by atoms with Crippen molar-refractivity contribution in [2.75, 3.05) is 41.0 Å². The molecule has 2 atom stereocenters. The molecule has 230 valence electrons. The maximum absolute atomic E-state index is 12.4. The van der Waals surface area contributed by atoms with Crippen LogP contribution in [0, 0.1) is 0 Å². The van der Waals surface area contributed by atoms with Crippen LogP contribution in [-0.2, 0) is 28.6 Å². The summed E-state index contributed by atoms with van der Waals surface area (Å²) < 4.78 is 16.8. The minimum atomic E-state index is -1.14. The number of esters is 2. The molecule has 0 aromatic carbocycles. The minimum absolute atomic E-state index is 0.00505. The van der Waals surface area contributed by atoms with Crippen LogP contribution in [0.2, 0.25) is 0 Å². The molecule has 0 spiro atoms. The fraction of sp³-hybridized carbons (Fsp3) is 0.719. The van der Waals surface area contributed by atoms with Crippen molar-refractivity contribution in [2.45, 2.75) is 109 Å². The van der Waals surface area contributed by atoms with Crippen LogP contribution < -0.4 is 5.11 Å². The van der Waals surface area contributed by atoms with Gasteiger partial charge in [0.1, 0.15) is 12.6 Å². The molecule has 0 heterocycles. The Bertz CT molecular complexity index is 768. The molecule has 0 fully saturated rings.